The standard InChI is InChI=1S/C8H3ClFIN2S/c9-6-4(2-1-3-5(6)10)7-12-13-8(11)14-7/h1-3H. The largest absolute Gasteiger partial charge is 0.205 e. The molecule has 0 N–H and O–H groups in total. The van der Waals surface area contributed by atoms with E-state index in [-0.39, 0.29) is 5.02 Å². The van der Waals surface area contributed by atoms with E-state index >= 15 is 0 Å². The lowest BCUT2D eigenvalue weighted by molar-refractivity contribution is 0.629. The first kappa shape index (κ1) is 10.3. The number of benzene rings is 1. The van der Waals surface area contributed by atoms with Gasteiger partial charge in [-0.2, -0.15) is 0 Å². The van der Waals surface area contributed by atoms with Crippen molar-refractivity contribution < 1.29 is 4.39 Å². The van der Waals surface area contributed by atoms with Gasteiger partial charge >= 0.3 is 0 Å². The van der Waals surface area contributed by atoms with Crippen molar-refractivity contribution in [2.45, 2.75) is 0 Å². The maximum atomic E-state index is 13.1. The van der Waals surface area contributed by atoms with Gasteiger partial charge < -0.3 is 0 Å². The molecule has 1 aromatic heterocycles. The van der Waals surface area contributed by atoms with Crippen molar-refractivity contribution in [3.63, 3.8) is 0 Å². The van der Waals surface area contributed by atoms with Gasteiger partial charge in [0.15, 0.2) is 3.01 Å². The Bertz CT molecular complexity index is 474. The van der Waals surface area contributed by atoms with Gasteiger partial charge in [-0.1, -0.05) is 35.1 Å². The number of rotatable bonds is 1. The molecule has 2 nitrogen and oxygen atoms in total. The Morgan fingerprint density at radius 3 is 2.79 bits per heavy atom. The Morgan fingerprint density at radius 2 is 2.14 bits per heavy atom. The van der Waals surface area contributed by atoms with Gasteiger partial charge in [-0.3, -0.25) is 0 Å². The third-order valence-corrected chi connectivity index (χ3v) is 3.59. The van der Waals surface area contributed by atoms with Crippen LogP contribution in [0.25, 0.3) is 10.6 Å². The van der Waals surface area contributed by atoms with Crippen LogP contribution in [0, 0.1) is 8.83 Å². The summed E-state index contributed by atoms with van der Waals surface area (Å²) < 4.78 is 13.9. The van der Waals surface area contributed by atoms with E-state index in [0.29, 0.717) is 10.6 Å². The van der Waals surface area contributed by atoms with Gasteiger partial charge in [0, 0.05) is 5.56 Å². The van der Waals surface area contributed by atoms with Crippen molar-refractivity contribution in [1.29, 1.82) is 0 Å². The van der Waals surface area contributed by atoms with Gasteiger partial charge in [-0.15, -0.1) is 10.2 Å². The van der Waals surface area contributed by atoms with Crippen LogP contribution in [0.3, 0.4) is 0 Å². The van der Waals surface area contributed by atoms with Crippen molar-refractivity contribution in [2.75, 3.05) is 0 Å². The first-order chi connectivity index (χ1) is 6.68. The Kier molecular flexibility index (Phi) is 2.99. The van der Waals surface area contributed by atoms with E-state index in [0.717, 1.165) is 3.01 Å². The number of hydrogen-bond acceptors (Lipinski definition) is 3. The van der Waals surface area contributed by atoms with Crippen LogP contribution in [0.2, 0.25) is 5.02 Å². The molecule has 0 spiro atoms. The Labute approximate surface area is 102 Å². The van der Waals surface area contributed by atoms with Crippen molar-refractivity contribution in [3.8, 4) is 10.6 Å². The molecular weight excluding hydrogens is 338 g/mol. The molecule has 0 amide bonds. The van der Waals surface area contributed by atoms with E-state index in [9.17, 15) is 4.39 Å². The van der Waals surface area contributed by atoms with Crippen molar-refractivity contribution in [1.82, 2.24) is 10.2 Å². The van der Waals surface area contributed by atoms with Crippen LogP contribution in [-0.4, -0.2) is 10.2 Å². The fourth-order valence-corrected chi connectivity index (χ4v) is 2.59. The summed E-state index contributed by atoms with van der Waals surface area (Å²) in [6.45, 7) is 0. The molecule has 0 aliphatic rings. The van der Waals surface area contributed by atoms with Crippen molar-refractivity contribution in [2.24, 2.45) is 0 Å². The van der Waals surface area contributed by atoms with Gasteiger partial charge in [0.2, 0.25) is 0 Å². The average Bonchev–Trinajstić information content (AvgIpc) is 2.57. The molecule has 0 unspecified atom stereocenters. The first-order valence-corrected chi connectivity index (χ1v) is 5.89. The number of aromatic nitrogens is 2. The summed E-state index contributed by atoms with van der Waals surface area (Å²) in [5, 5.41) is 8.47. The molecule has 1 heterocycles. The van der Waals surface area contributed by atoms with Gasteiger partial charge in [0.1, 0.15) is 10.8 Å². The molecule has 1 aromatic carbocycles. The highest BCUT2D eigenvalue weighted by Crippen LogP contribution is 2.31. The molecule has 0 fully saturated rings. The minimum Gasteiger partial charge on any atom is -0.205 e. The second kappa shape index (κ2) is 4.08. The zero-order valence-electron chi connectivity index (χ0n) is 6.67. The minimum atomic E-state index is -0.436. The van der Waals surface area contributed by atoms with Crippen LogP contribution in [0.4, 0.5) is 4.39 Å². The molecule has 0 saturated heterocycles. The van der Waals surface area contributed by atoms with Crippen LogP contribution in [0.15, 0.2) is 18.2 Å². The smallest absolute Gasteiger partial charge is 0.178 e. The fourth-order valence-electron chi connectivity index (χ4n) is 0.983. The van der Waals surface area contributed by atoms with Crippen molar-refractivity contribution in [3.05, 3.63) is 32.1 Å². The van der Waals surface area contributed by atoms with Gasteiger partial charge in [-0.05, 0) is 28.7 Å². The second-order valence-electron chi connectivity index (χ2n) is 2.46. The molecular formula is C8H3ClFIN2S. The van der Waals surface area contributed by atoms with E-state index in [1.807, 2.05) is 0 Å². The molecule has 0 atom stereocenters. The minimum absolute atomic E-state index is 0.0973. The maximum absolute atomic E-state index is 13.1. The summed E-state index contributed by atoms with van der Waals surface area (Å²) in [5.74, 6) is -0.436. The van der Waals surface area contributed by atoms with E-state index in [1.54, 1.807) is 12.1 Å². The van der Waals surface area contributed by atoms with Gasteiger partial charge in [-0.25, -0.2) is 4.39 Å². The zero-order valence-corrected chi connectivity index (χ0v) is 10.4. The molecule has 2 aromatic rings. The normalized spacial score (nSPS) is 10.5. The second-order valence-corrected chi connectivity index (χ2v) is 5.57. The third kappa shape index (κ3) is 1.89. The highest BCUT2D eigenvalue weighted by atomic mass is 127. The third-order valence-electron chi connectivity index (χ3n) is 1.58. The summed E-state index contributed by atoms with van der Waals surface area (Å²) in [5.41, 5.74) is 0.590. The fraction of sp³-hybridized carbons (Fsp3) is 0. The summed E-state index contributed by atoms with van der Waals surface area (Å²) in [7, 11) is 0. The molecule has 6 heteroatoms. The lowest BCUT2D eigenvalue weighted by Gasteiger charge is -1.99. The molecule has 0 aliphatic heterocycles. The zero-order chi connectivity index (χ0) is 10.1. The van der Waals surface area contributed by atoms with E-state index in [2.05, 4.69) is 32.8 Å². The SMILES string of the molecule is Fc1cccc(-c2nnc(I)s2)c1Cl. The number of nitrogens with zero attached hydrogens (tertiary/aromatic N) is 2. The summed E-state index contributed by atoms with van der Waals surface area (Å²) in [4.78, 5) is 0. The average molecular weight is 341 g/mol. The monoisotopic (exact) mass is 340 g/mol. The van der Waals surface area contributed by atoms with E-state index in [1.165, 1.54) is 17.4 Å². The Morgan fingerprint density at radius 1 is 1.36 bits per heavy atom. The molecule has 0 aliphatic carbocycles. The molecule has 0 saturated carbocycles. The van der Waals surface area contributed by atoms with Crippen LogP contribution in [-0.2, 0) is 0 Å². The van der Waals surface area contributed by atoms with Gasteiger partial charge in [0.05, 0.1) is 5.02 Å². The first-order valence-electron chi connectivity index (χ1n) is 3.62. The number of halogens is 3. The lowest BCUT2D eigenvalue weighted by atomic mass is 10.2. The van der Waals surface area contributed by atoms with E-state index in [4.69, 9.17) is 11.6 Å². The summed E-state index contributed by atoms with van der Waals surface area (Å²) in [6, 6.07) is 4.64. The summed E-state index contributed by atoms with van der Waals surface area (Å²) in [6.07, 6.45) is 0. The Balaban J connectivity index is 2.57. The molecule has 0 bridgehead atoms. The topological polar surface area (TPSA) is 25.8 Å². The molecule has 0 radical (unpaired) electrons. The predicted octanol–water partition coefficient (Wildman–Crippen LogP) is 3.60. The summed E-state index contributed by atoms with van der Waals surface area (Å²) >= 11 is 9.23. The van der Waals surface area contributed by atoms with Gasteiger partial charge in [0.25, 0.3) is 0 Å². The molecule has 2 rings (SSSR count). The van der Waals surface area contributed by atoms with Crippen LogP contribution in [0.5, 0.6) is 0 Å². The van der Waals surface area contributed by atoms with E-state index < -0.39 is 5.82 Å². The van der Waals surface area contributed by atoms with Crippen LogP contribution >= 0.6 is 45.5 Å². The predicted molar refractivity (Wildman–Crippen MR) is 63.0 cm³/mol. The van der Waals surface area contributed by atoms with Crippen LogP contribution < -0.4 is 0 Å². The van der Waals surface area contributed by atoms with Crippen molar-refractivity contribution >= 4 is 45.5 Å². The maximum Gasteiger partial charge on any atom is 0.178 e. The lowest BCUT2D eigenvalue weighted by Crippen LogP contribution is -1.82. The highest BCUT2D eigenvalue weighted by molar-refractivity contribution is 14.1. The molecule has 72 valence electrons. The highest BCUT2D eigenvalue weighted by Gasteiger charge is 2.11. The molecule has 14 heavy (non-hydrogen) atoms. The number of hydrogen-bond donors (Lipinski definition) is 0. The van der Waals surface area contributed by atoms with Crippen LogP contribution in [0.1, 0.15) is 0 Å². The quantitative estimate of drug-likeness (QED) is 0.741. The Hall–Kier alpha value is -0.270.